The van der Waals surface area contributed by atoms with Gasteiger partial charge in [0, 0.05) is 19.1 Å². The first-order valence-electron chi connectivity index (χ1n) is 6.05. The van der Waals surface area contributed by atoms with Gasteiger partial charge in [0.05, 0.1) is 0 Å². The summed E-state index contributed by atoms with van der Waals surface area (Å²) >= 11 is 0. The molecule has 1 aromatic heterocycles. The average molecular weight is 224 g/mol. The van der Waals surface area contributed by atoms with Crippen LogP contribution in [0.2, 0.25) is 0 Å². The fraction of sp³-hybridized carbons (Fsp3) is 0.818. The predicted octanol–water partition coefficient (Wildman–Crippen LogP) is 0.436. The van der Waals surface area contributed by atoms with E-state index >= 15 is 0 Å². The first kappa shape index (κ1) is 11.5. The van der Waals surface area contributed by atoms with Crippen molar-refractivity contribution in [3.63, 3.8) is 0 Å². The van der Waals surface area contributed by atoms with E-state index in [1.807, 2.05) is 6.92 Å². The van der Waals surface area contributed by atoms with Crippen LogP contribution in [-0.4, -0.2) is 39.6 Å². The summed E-state index contributed by atoms with van der Waals surface area (Å²) in [5, 5.41) is 20.6. The molecule has 2 N–H and O–H groups in total. The number of aryl methyl sites for hydroxylation is 2. The zero-order chi connectivity index (χ0) is 11.4. The number of nitrogens with one attached hydrogen (secondary N) is 1. The maximum Gasteiger partial charge on any atom is 0.133 e. The summed E-state index contributed by atoms with van der Waals surface area (Å²) in [6.07, 6.45) is 3.88. The largest absolute Gasteiger partial charge is 0.396 e. The Labute approximate surface area is 95.9 Å². The summed E-state index contributed by atoms with van der Waals surface area (Å²) in [7, 11) is 0. The van der Waals surface area contributed by atoms with E-state index in [4.69, 9.17) is 5.11 Å². The minimum Gasteiger partial charge on any atom is -0.396 e. The molecule has 0 atom stereocenters. The summed E-state index contributed by atoms with van der Waals surface area (Å²) in [6, 6.07) is 0.532. The molecule has 0 aliphatic carbocycles. The molecule has 2 rings (SSSR count). The third-order valence-electron chi connectivity index (χ3n) is 3.17. The lowest BCUT2D eigenvalue weighted by molar-refractivity contribution is 0.284. The normalized spacial score (nSPS) is 17.9. The van der Waals surface area contributed by atoms with Crippen LogP contribution < -0.4 is 5.32 Å². The van der Waals surface area contributed by atoms with Crippen LogP contribution in [0.3, 0.4) is 0 Å². The molecule has 5 heteroatoms. The van der Waals surface area contributed by atoms with Crippen molar-refractivity contribution in [2.75, 3.05) is 19.7 Å². The topological polar surface area (TPSA) is 63.0 Å². The summed E-state index contributed by atoms with van der Waals surface area (Å²) in [4.78, 5) is 0. The van der Waals surface area contributed by atoms with Gasteiger partial charge in [-0.1, -0.05) is 0 Å². The lowest BCUT2D eigenvalue weighted by atomic mass is 10.1. The fourth-order valence-electron chi connectivity index (χ4n) is 2.36. The second kappa shape index (κ2) is 5.41. The van der Waals surface area contributed by atoms with Crippen LogP contribution in [0.5, 0.6) is 0 Å². The highest BCUT2D eigenvalue weighted by molar-refractivity contribution is 4.98. The van der Waals surface area contributed by atoms with E-state index in [0.29, 0.717) is 6.04 Å². The van der Waals surface area contributed by atoms with Gasteiger partial charge in [0.25, 0.3) is 0 Å². The van der Waals surface area contributed by atoms with Crippen LogP contribution in [0.15, 0.2) is 0 Å². The molecule has 16 heavy (non-hydrogen) atoms. The minimum atomic E-state index is 0.220. The Balaban J connectivity index is 2.13. The highest BCUT2D eigenvalue weighted by atomic mass is 16.2. The summed E-state index contributed by atoms with van der Waals surface area (Å²) in [6.45, 7) is 4.37. The zero-order valence-corrected chi connectivity index (χ0v) is 9.82. The van der Waals surface area contributed by atoms with E-state index in [0.717, 1.165) is 50.4 Å². The molecule has 1 aliphatic rings. The van der Waals surface area contributed by atoms with Crippen LogP contribution in [0.1, 0.15) is 37.0 Å². The van der Waals surface area contributed by atoms with Gasteiger partial charge in [-0.3, -0.25) is 0 Å². The van der Waals surface area contributed by atoms with E-state index in [2.05, 4.69) is 20.1 Å². The summed E-state index contributed by atoms with van der Waals surface area (Å²) < 4.78 is 2.26. The van der Waals surface area contributed by atoms with Gasteiger partial charge in [-0.2, -0.15) is 0 Å². The number of hydrogen-bond donors (Lipinski definition) is 2. The molecule has 0 bridgehead atoms. The Morgan fingerprint density at radius 1 is 1.38 bits per heavy atom. The van der Waals surface area contributed by atoms with Crippen molar-refractivity contribution in [3.05, 3.63) is 11.6 Å². The van der Waals surface area contributed by atoms with Crippen LogP contribution in [0.4, 0.5) is 0 Å². The maximum absolute atomic E-state index is 8.87. The van der Waals surface area contributed by atoms with Gasteiger partial charge < -0.3 is 15.0 Å². The molecule has 1 fully saturated rings. The lowest BCUT2D eigenvalue weighted by Gasteiger charge is -2.26. The number of piperidine rings is 1. The SMILES string of the molecule is Cc1nnc(CCCO)n1C1CCNCC1. The third-order valence-corrected chi connectivity index (χ3v) is 3.17. The maximum atomic E-state index is 8.87. The monoisotopic (exact) mass is 224 g/mol. The van der Waals surface area contributed by atoms with Crippen molar-refractivity contribution < 1.29 is 5.11 Å². The van der Waals surface area contributed by atoms with Gasteiger partial charge in [-0.25, -0.2) is 0 Å². The van der Waals surface area contributed by atoms with Crippen molar-refractivity contribution in [1.29, 1.82) is 0 Å². The Morgan fingerprint density at radius 3 is 2.81 bits per heavy atom. The molecule has 0 radical (unpaired) electrons. The number of aliphatic hydroxyl groups is 1. The molecule has 5 nitrogen and oxygen atoms in total. The Morgan fingerprint density at radius 2 is 2.12 bits per heavy atom. The van der Waals surface area contributed by atoms with Crippen molar-refractivity contribution in [3.8, 4) is 0 Å². The van der Waals surface area contributed by atoms with Crippen LogP contribution in [-0.2, 0) is 6.42 Å². The van der Waals surface area contributed by atoms with Crippen molar-refractivity contribution in [2.24, 2.45) is 0 Å². The van der Waals surface area contributed by atoms with Crippen LogP contribution >= 0.6 is 0 Å². The zero-order valence-electron chi connectivity index (χ0n) is 9.82. The smallest absolute Gasteiger partial charge is 0.133 e. The number of nitrogens with zero attached hydrogens (tertiary/aromatic N) is 3. The first-order valence-corrected chi connectivity index (χ1v) is 6.05. The molecule has 0 spiro atoms. The molecular formula is C11H20N4O. The minimum absolute atomic E-state index is 0.220. The van der Waals surface area contributed by atoms with E-state index < -0.39 is 0 Å². The number of rotatable bonds is 4. The number of aliphatic hydroxyl groups excluding tert-OH is 1. The predicted molar refractivity (Wildman–Crippen MR) is 61.3 cm³/mol. The Kier molecular flexibility index (Phi) is 3.90. The van der Waals surface area contributed by atoms with Gasteiger partial charge in [-0.05, 0) is 39.3 Å². The van der Waals surface area contributed by atoms with Crippen molar-refractivity contribution in [2.45, 2.75) is 38.6 Å². The molecule has 0 aromatic carbocycles. The summed E-state index contributed by atoms with van der Waals surface area (Å²) in [5.74, 6) is 2.03. The Hall–Kier alpha value is -0.940. The molecule has 0 saturated carbocycles. The van der Waals surface area contributed by atoms with Crippen molar-refractivity contribution in [1.82, 2.24) is 20.1 Å². The molecule has 1 aliphatic heterocycles. The summed E-state index contributed by atoms with van der Waals surface area (Å²) in [5.41, 5.74) is 0. The van der Waals surface area contributed by atoms with E-state index in [9.17, 15) is 0 Å². The molecule has 2 heterocycles. The molecule has 0 unspecified atom stereocenters. The van der Waals surface area contributed by atoms with Gasteiger partial charge in [-0.15, -0.1) is 10.2 Å². The molecular weight excluding hydrogens is 204 g/mol. The van der Waals surface area contributed by atoms with Crippen LogP contribution in [0, 0.1) is 6.92 Å². The van der Waals surface area contributed by atoms with Gasteiger partial charge in [0.2, 0.25) is 0 Å². The quantitative estimate of drug-likeness (QED) is 0.779. The van der Waals surface area contributed by atoms with E-state index in [-0.39, 0.29) is 6.61 Å². The van der Waals surface area contributed by atoms with E-state index in [1.54, 1.807) is 0 Å². The number of aromatic nitrogens is 3. The molecule has 0 amide bonds. The second-order valence-electron chi connectivity index (χ2n) is 4.34. The highest BCUT2D eigenvalue weighted by Gasteiger charge is 2.20. The van der Waals surface area contributed by atoms with Gasteiger partial charge in [0.15, 0.2) is 0 Å². The second-order valence-corrected chi connectivity index (χ2v) is 4.34. The van der Waals surface area contributed by atoms with Crippen LogP contribution in [0.25, 0.3) is 0 Å². The molecule has 1 aromatic rings. The average Bonchev–Trinajstić information content (AvgIpc) is 2.69. The standard InChI is InChI=1S/C11H20N4O/c1-9-13-14-11(3-2-8-16)15(9)10-4-6-12-7-5-10/h10,12,16H,2-8H2,1H3. The molecule has 90 valence electrons. The Bertz CT molecular complexity index is 331. The highest BCUT2D eigenvalue weighted by Crippen LogP contribution is 2.22. The molecule has 1 saturated heterocycles. The van der Waals surface area contributed by atoms with Gasteiger partial charge in [0.1, 0.15) is 11.6 Å². The lowest BCUT2D eigenvalue weighted by Crippen LogP contribution is -2.30. The third kappa shape index (κ3) is 2.41. The first-order chi connectivity index (χ1) is 7.83. The fourth-order valence-corrected chi connectivity index (χ4v) is 2.36. The van der Waals surface area contributed by atoms with Crippen molar-refractivity contribution >= 4 is 0 Å². The number of hydrogen-bond acceptors (Lipinski definition) is 4. The van der Waals surface area contributed by atoms with Gasteiger partial charge >= 0.3 is 0 Å². The van der Waals surface area contributed by atoms with E-state index in [1.165, 1.54) is 0 Å².